The summed E-state index contributed by atoms with van der Waals surface area (Å²) in [4.78, 5) is 5.84. The molecule has 1 aliphatic heterocycles. The second-order valence-corrected chi connectivity index (χ2v) is 6.41. The molecule has 0 saturated carbocycles. The van der Waals surface area contributed by atoms with Crippen LogP contribution in [0.5, 0.6) is 5.75 Å². The number of aromatic nitrogens is 1. The van der Waals surface area contributed by atoms with Crippen LogP contribution in [-0.4, -0.2) is 11.7 Å². The summed E-state index contributed by atoms with van der Waals surface area (Å²) in [6.07, 6.45) is 1.79. The maximum absolute atomic E-state index is 6.43. The number of benzene rings is 2. The number of hydrogen-bond acceptors (Lipinski definition) is 2. The molecule has 0 amide bonds. The first-order valence-electron chi connectivity index (χ1n) is 7.82. The molecule has 0 radical (unpaired) electrons. The third kappa shape index (κ3) is 2.56. The number of rotatable bonds is 2. The Morgan fingerprint density at radius 2 is 2.00 bits per heavy atom. The van der Waals surface area contributed by atoms with E-state index in [0.717, 1.165) is 33.8 Å². The quantitative estimate of drug-likeness (QED) is 0.782. The third-order valence-corrected chi connectivity index (χ3v) is 4.92. The van der Waals surface area contributed by atoms with Crippen molar-refractivity contribution in [3.8, 4) is 5.75 Å². The van der Waals surface area contributed by atoms with Gasteiger partial charge in [-0.2, -0.15) is 0 Å². The largest absolute Gasteiger partial charge is 0.442 e. The molecular weight excluding hydrogens is 308 g/mol. The molecule has 23 heavy (non-hydrogen) atoms. The highest BCUT2D eigenvalue weighted by Gasteiger charge is 2.28. The van der Waals surface area contributed by atoms with Crippen molar-refractivity contribution in [2.24, 2.45) is 0 Å². The predicted molar refractivity (Wildman–Crippen MR) is 91.8 cm³/mol. The lowest BCUT2D eigenvalue weighted by Crippen LogP contribution is -3.12. The maximum atomic E-state index is 6.43. The molecule has 0 bridgehead atoms. The summed E-state index contributed by atoms with van der Waals surface area (Å²) in [5.74, 6) is 0.883. The highest BCUT2D eigenvalue weighted by molar-refractivity contribution is 6.35. The fourth-order valence-corrected chi connectivity index (χ4v) is 3.52. The van der Waals surface area contributed by atoms with Crippen LogP contribution in [0.15, 0.2) is 54.7 Å². The van der Waals surface area contributed by atoms with Gasteiger partial charge in [0.1, 0.15) is 18.1 Å². The highest BCUT2D eigenvalue weighted by Crippen LogP contribution is 2.34. The van der Waals surface area contributed by atoms with E-state index in [0.29, 0.717) is 12.8 Å². The van der Waals surface area contributed by atoms with Crippen molar-refractivity contribution in [3.63, 3.8) is 0 Å². The van der Waals surface area contributed by atoms with Crippen molar-refractivity contribution in [1.82, 2.24) is 4.98 Å². The second kappa shape index (κ2) is 5.84. The molecule has 4 rings (SSSR count). The zero-order chi connectivity index (χ0) is 15.8. The van der Waals surface area contributed by atoms with Gasteiger partial charge in [0.15, 0.2) is 5.75 Å². The maximum Gasteiger partial charge on any atom is 0.223 e. The van der Waals surface area contributed by atoms with Gasteiger partial charge in [0.05, 0.1) is 10.6 Å². The average Bonchev–Trinajstić information content (AvgIpc) is 2.61. The van der Waals surface area contributed by atoms with E-state index in [1.54, 1.807) is 6.20 Å². The van der Waals surface area contributed by atoms with Crippen LogP contribution in [0.4, 0.5) is 0 Å². The zero-order valence-electron chi connectivity index (χ0n) is 12.9. The van der Waals surface area contributed by atoms with Gasteiger partial charge >= 0.3 is 0 Å². The van der Waals surface area contributed by atoms with E-state index in [1.807, 2.05) is 24.3 Å². The summed E-state index contributed by atoms with van der Waals surface area (Å²) >= 11 is 6.43. The van der Waals surface area contributed by atoms with Crippen LogP contribution in [0, 0.1) is 0 Å². The van der Waals surface area contributed by atoms with Gasteiger partial charge in [-0.15, -0.1) is 0 Å². The van der Waals surface area contributed by atoms with E-state index in [2.05, 4.69) is 36.2 Å². The molecule has 1 aliphatic rings. The molecule has 3 aromatic rings. The van der Waals surface area contributed by atoms with Crippen LogP contribution in [-0.2, 0) is 6.54 Å². The first kappa shape index (κ1) is 14.5. The second-order valence-electron chi connectivity index (χ2n) is 6.00. The molecule has 0 spiro atoms. The third-order valence-electron chi connectivity index (χ3n) is 4.60. The Labute approximate surface area is 140 Å². The number of nitrogens with one attached hydrogen (secondary N) is 1. The number of pyridine rings is 1. The van der Waals surface area contributed by atoms with Crippen LogP contribution in [0.3, 0.4) is 0 Å². The van der Waals surface area contributed by atoms with E-state index in [4.69, 9.17) is 16.3 Å². The van der Waals surface area contributed by atoms with Crippen molar-refractivity contribution in [2.75, 3.05) is 6.73 Å². The Balaban J connectivity index is 1.70. The van der Waals surface area contributed by atoms with E-state index < -0.39 is 0 Å². The minimum Gasteiger partial charge on any atom is -0.442 e. The van der Waals surface area contributed by atoms with Crippen molar-refractivity contribution >= 4 is 22.5 Å². The first-order valence-corrected chi connectivity index (χ1v) is 8.20. The standard InChI is InChI=1S/C19H17ClN2O/c1-13(14-6-3-2-4-7-14)22-11-15-10-17(20)16-8-5-9-21-18(16)19(15)23-12-22/h2-10,13H,11-12H2,1H3/p+1/t13-/m0/s1. The van der Waals surface area contributed by atoms with Gasteiger partial charge < -0.3 is 4.74 Å². The van der Waals surface area contributed by atoms with Crippen molar-refractivity contribution in [2.45, 2.75) is 19.5 Å². The minimum atomic E-state index is 0.363. The van der Waals surface area contributed by atoms with Gasteiger partial charge in [0.2, 0.25) is 6.73 Å². The van der Waals surface area contributed by atoms with Crippen molar-refractivity contribution in [3.05, 3.63) is 70.9 Å². The fraction of sp³-hybridized carbons (Fsp3) is 0.211. The number of nitrogens with zero attached hydrogens (tertiary/aromatic N) is 1. The van der Waals surface area contributed by atoms with Crippen LogP contribution < -0.4 is 9.64 Å². The van der Waals surface area contributed by atoms with E-state index in [-0.39, 0.29) is 0 Å². The molecule has 1 N–H and O–H groups in total. The number of hydrogen-bond donors (Lipinski definition) is 1. The monoisotopic (exact) mass is 325 g/mol. The number of quaternary nitrogens is 1. The number of fused-ring (bicyclic) bond motifs is 3. The lowest BCUT2D eigenvalue weighted by molar-refractivity contribution is -0.960. The predicted octanol–water partition coefficient (Wildman–Crippen LogP) is 3.38. The van der Waals surface area contributed by atoms with E-state index >= 15 is 0 Å². The fourth-order valence-electron chi connectivity index (χ4n) is 3.24. The average molecular weight is 326 g/mol. The Bertz CT molecular complexity index is 851. The number of halogens is 1. The van der Waals surface area contributed by atoms with E-state index in [9.17, 15) is 0 Å². The molecule has 0 saturated heterocycles. The number of ether oxygens (including phenoxy) is 1. The van der Waals surface area contributed by atoms with Crippen molar-refractivity contribution < 1.29 is 9.64 Å². The van der Waals surface area contributed by atoms with Gasteiger partial charge in [-0.25, -0.2) is 0 Å². The summed E-state index contributed by atoms with van der Waals surface area (Å²) in [5, 5.41) is 1.69. The van der Waals surface area contributed by atoms with Gasteiger partial charge in [-0.1, -0.05) is 41.9 Å². The molecule has 116 valence electrons. The summed E-state index contributed by atoms with van der Waals surface area (Å²) in [6.45, 7) is 3.76. The topological polar surface area (TPSA) is 26.6 Å². The van der Waals surface area contributed by atoms with Crippen LogP contribution in [0.25, 0.3) is 10.9 Å². The lowest BCUT2D eigenvalue weighted by Gasteiger charge is -2.31. The lowest BCUT2D eigenvalue weighted by atomic mass is 10.0. The van der Waals surface area contributed by atoms with Crippen LogP contribution >= 0.6 is 11.6 Å². The Morgan fingerprint density at radius 3 is 2.83 bits per heavy atom. The molecule has 0 fully saturated rings. The summed E-state index contributed by atoms with van der Waals surface area (Å²) in [7, 11) is 0. The summed E-state index contributed by atoms with van der Waals surface area (Å²) in [6, 6.07) is 16.8. The molecule has 1 unspecified atom stereocenters. The van der Waals surface area contributed by atoms with Crippen LogP contribution in [0.1, 0.15) is 24.1 Å². The van der Waals surface area contributed by atoms with Crippen molar-refractivity contribution in [1.29, 1.82) is 0 Å². The van der Waals surface area contributed by atoms with Crippen LogP contribution in [0.2, 0.25) is 5.02 Å². The molecule has 4 heteroatoms. The molecule has 2 aromatic carbocycles. The van der Waals surface area contributed by atoms with Gasteiger partial charge in [-0.3, -0.25) is 9.88 Å². The minimum absolute atomic E-state index is 0.363. The molecule has 2 atom stereocenters. The molecule has 3 nitrogen and oxygen atoms in total. The normalized spacial score (nSPS) is 18.3. The first-order chi connectivity index (χ1) is 11.2. The Kier molecular flexibility index (Phi) is 3.68. The smallest absolute Gasteiger partial charge is 0.223 e. The molecular formula is C19H18ClN2O+. The summed E-state index contributed by atoms with van der Waals surface area (Å²) < 4.78 is 6.09. The van der Waals surface area contributed by atoms with Gasteiger partial charge in [0, 0.05) is 17.1 Å². The SMILES string of the molecule is C[C@@H](c1ccccc1)[NH+]1COc2c(cc(Cl)c3cccnc23)C1. The van der Waals surface area contributed by atoms with Gasteiger partial charge in [-0.05, 0) is 25.1 Å². The molecule has 2 heterocycles. The van der Waals surface area contributed by atoms with E-state index in [1.165, 1.54) is 10.5 Å². The Hall–Kier alpha value is -2.10. The van der Waals surface area contributed by atoms with Gasteiger partial charge in [0.25, 0.3) is 0 Å². The summed E-state index contributed by atoms with van der Waals surface area (Å²) in [5.41, 5.74) is 3.31. The zero-order valence-corrected chi connectivity index (χ0v) is 13.7. The highest BCUT2D eigenvalue weighted by atomic mass is 35.5. The molecule has 0 aliphatic carbocycles. The molecule has 1 aromatic heterocycles. The Morgan fingerprint density at radius 1 is 1.17 bits per heavy atom.